The lowest BCUT2D eigenvalue weighted by Crippen LogP contribution is -2.37. The fourth-order valence-electron chi connectivity index (χ4n) is 2.53. The van der Waals surface area contributed by atoms with Gasteiger partial charge in [0.05, 0.1) is 7.11 Å². The van der Waals surface area contributed by atoms with Gasteiger partial charge >= 0.3 is 5.97 Å². The average Bonchev–Trinajstić information content (AvgIpc) is 2.28. The molecule has 1 aromatic rings. The first-order chi connectivity index (χ1) is 8.90. The summed E-state index contributed by atoms with van der Waals surface area (Å²) in [7, 11) is 3.51. The van der Waals surface area contributed by atoms with Crippen molar-refractivity contribution in [2.45, 2.75) is 39.8 Å². The van der Waals surface area contributed by atoms with Crippen molar-refractivity contribution in [1.82, 2.24) is 4.90 Å². The Hall–Kier alpha value is -1.26. The van der Waals surface area contributed by atoms with Crippen molar-refractivity contribution in [3.05, 3.63) is 28.8 Å². The van der Waals surface area contributed by atoms with Gasteiger partial charge in [0.1, 0.15) is 11.8 Å². The van der Waals surface area contributed by atoms with Gasteiger partial charge in [-0.25, -0.2) is 0 Å². The number of hydrogen-bond acceptors (Lipinski definition) is 3. The van der Waals surface area contributed by atoms with Crippen LogP contribution in [0.1, 0.15) is 30.0 Å². The highest BCUT2D eigenvalue weighted by Gasteiger charge is 2.20. The highest BCUT2D eigenvalue weighted by atomic mass is 35.5. The Kier molecular flexibility index (Phi) is 7.61. The third kappa shape index (κ3) is 4.39. The molecule has 0 bridgehead atoms. The minimum Gasteiger partial charge on any atom is -0.496 e. The minimum atomic E-state index is -0.771. The highest BCUT2D eigenvalue weighted by Crippen LogP contribution is 2.25. The zero-order valence-electron chi connectivity index (χ0n) is 12.8. The summed E-state index contributed by atoms with van der Waals surface area (Å²) >= 11 is 0. The van der Waals surface area contributed by atoms with Crippen LogP contribution in [0.15, 0.2) is 12.1 Å². The zero-order valence-corrected chi connectivity index (χ0v) is 13.6. The maximum Gasteiger partial charge on any atom is 0.320 e. The topological polar surface area (TPSA) is 49.8 Å². The first-order valence-electron chi connectivity index (χ1n) is 6.47. The summed E-state index contributed by atoms with van der Waals surface area (Å²) in [4.78, 5) is 13.0. The van der Waals surface area contributed by atoms with E-state index in [0.29, 0.717) is 13.0 Å². The van der Waals surface area contributed by atoms with Crippen LogP contribution in [0.2, 0.25) is 0 Å². The lowest BCUT2D eigenvalue weighted by molar-refractivity contribution is -0.143. The second kappa shape index (κ2) is 8.12. The second-order valence-electron chi connectivity index (χ2n) is 4.94. The number of likely N-dealkylation sites (N-methyl/N-ethyl adjacent to an activating group) is 1. The number of carboxylic acids is 1. The summed E-state index contributed by atoms with van der Waals surface area (Å²) < 4.78 is 5.33. The molecule has 4 nitrogen and oxygen atoms in total. The standard InChI is InChI=1S/C15H23NO3.ClH/c1-6-13(15(17)18)16(4)9-12-7-10(2)14(19-5)11(3)8-12;/h7-8,13H,6,9H2,1-5H3,(H,17,18);1H. The summed E-state index contributed by atoms with van der Waals surface area (Å²) in [6.45, 7) is 6.52. The molecule has 20 heavy (non-hydrogen) atoms. The number of ether oxygens (including phenoxy) is 1. The van der Waals surface area contributed by atoms with Crippen LogP contribution >= 0.6 is 12.4 Å². The maximum absolute atomic E-state index is 11.1. The fourth-order valence-corrected chi connectivity index (χ4v) is 2.53. The number of carboxylic acid groups (broad SMARTS) is 1. The van der Waals surface area contributed by atoms with Gasteiger partial charge in [0.2, 0.25) is 0 Å². The predicted octanol–water partition coefficient (Wildman–Crippen LogP) is 3.03. The van der Waals surface area contributed by atoms with Gasteiger partial charge in [-0.15, -0.1) is 12.4 Å². The Labute approximate surface area is 127 Å². The van der Waals surface area contributed by atoms with Crippen LogP contribution in [0.4, 0.5) is 0 Å². The molecular formula is C15H24ClNO3. The number of rotatable bonds is 6. The van der Waals surface area contributed by atoms with E-state index in [1.54, 1.807) is 7.11 Å². The summed E-state index contributed by atoms with van der Waals surface area (Å²) in [5.74, 6) is 0.128. The van der Waals surface area contributed by atoms with Gasteiger partial charge in [-0.05, 0) is 44.0 Å². The van der Waals surface area contributed by atoms with Crippen LogP contribution in [0.3, 0.4) is 0 Å². The van der Waals surface area contributed by atoms with E-state index in [4.69, 9.17) is 9.84 Å². The molecule has 0 fully saturated rings. The smallest absolute Gasteiger partial charge is 0.320 e. The molecule has 0 saturated carbocycles. The number of benzene rings is 1. The van der Waals surface area contributed by atoms with Crippen LogP contribution in [0.5, 0.6) is 5.75 Å². The number of aliphatic carboxylic acids is 1. The van der Waals surface area contributed by atoms with Crippen molar-refractivity contribution in [3.8, 4) is 5.75 Å². The van der Waals surface area contributed by atoms with E-state index < -0.39 is 12.0 Å². The molecule has 0 aliphatic heterocycles. The van der Waals surface area contributed by atoms with Crippen molar-refractivity contribution >= 4 is 18.4 Å². The Morgan fingerprint density at radius 3 is 2.20 bits per heavy atom. The van der Waals surface area contributed by atoms with E-state index >= 15 is 0 Å². The van der Waals surface area contributed by atoms with Crippen molar-refractivity contribution in [1.29, 1.82) is 0 Å². The minimum absolute atomic E-state index is 0. The molecule has 0 aromatic heterocycles. The van der Waals surface area contributed by atoms with E-state index in [1.165, 1.54) is 0 Å². The predicted molar refractivity (Wildman–Crippen MR) is 82.9 cm³/mol. The van der Waals surface area contributed by atoms with Gasteiger partial charge in [-0.3, -0.25) is 9.69 Å². The van der Waals surface area contributed by atoms with Crippen LogP contribution in [0, 0.1) is 13.8 Å². The third-order valence-corrected chi connectivity index (χ3v) is 3.36. The molecule has 1 N–H and O–H groups in total. The summed E-state index contributed by atoms with van der Waals surface area (Å²) in [6, 6.07) is 3.66. The van der Waals surface area contributed by atoms with Crippen LogP contribution in [-0.4, -0.2) is 36.2 Å². The van der Waals surface area contributed by atoms with Gasteiger partial charge in [0, 0.05) is 6.54 Å². The molecule has 114 valence electrons. The SMILES string of the molecule is CCC(C(=O)O)N(C)Cc1cc(C)c(OC)c(C)c1.Cl. The van der Waals surface area contributed by atoms with E-state index in [-0.39, 0.29) is 12.4 Å². The molecule has 0 aliphatic carbocycles. The molecule has 1 aromatic carbocycles. The molecule has 0 spiro atoms. The molecule has 1 unspecified atom stereocenters. The van der Waals surface area contributed by atoms with Crippen molar-refractivity contribution < 1.29 is 14.6 Å². The third-order valence-electron chi connectivity index (χ3n) is 3.36. The van der Waals surface area contributed by atoms with E-state index in [2.05, 4.69) is 12.1 Å². The average molecular weight is 302 g/mol. The molecule has 0 heterocycles. The van der Waals surface area contributed by atoms with Gasteiger partial charge in [-0.2, -0.15) is 0 Å². The molecular weight excluding hydrogens is 278 g/mol. The highest BCUT2D eigenvalue weighted by molar-refractivity contribution is 5.85. The van der Waals surface area contributed by atoms with E-state index in [9.17, 15) is 4.79 Å². The molecule has 1 atom stereocenters. The molecule has 1 rings (SSSR count). The summed E-state index contributed by atoms with van der Waals surface area (Å²) in [5, 5.41) is 9.15. The number of hydrogen-bond donors (Lipinski definition) is 1. The molecule has 0 saturated heterocycles. The number of halogens is 1. The van der Waals surface area contributed by atoms with E-state index in [0.717, 1.165) is 22.4 Å². The number of carbonyl (C=O) groups is 1. The zero-order chi connectivity index (χ0) is 14.6. The quantitative estimate of drug-likeness (QED) is 0.877. The summed E-state index contributed by atoms with van der Waals surface area (Å²) in [5.41, 5.74) is 3.27. The molecule has 0 aliphatic rings. The van der Waals surface area contributed by atoms with Gasteiger partial charge in [-0.1, -0.05) is 19.1 Å². The van der Waals surface area contributed by atoms with Crippen LogP contribution in [-0.2, 0) is 11.3 Å². The maximum atomic E-state index is 11.1. The van der Waals surface area contributed by atoms with Gasteiger partial charge < -0.3 is 9.84 Å². The van der Waals surface area contributed by atoms with Crippen molar-refractivity contribution in [2.24, 2.45) is 0 Å². The fraction of sp³-hybridized carbons (Fsp3) is 0.533. The Bertz CT molecular complexity index is 439. The Morgan fingerprint density at radius 2 is 1.85 bits per heavy atom. The number of nitrogens with zero attached hydrogens (tertiary/aromatic N) is 1. The Morgan fingerprint density at radius 1 is 1.35 bits per heavy atom. The second-order valence-corrected chi connectivity index (χ2v) is 4.94. The monoisotopic (exact) mass is 301 g/mol. The number of aryl methyl sites for hydroxylation is 2. The van der Waals surface area contributed by atoms with E-state index in [1.807, 2.05) is 32.7 Å². The van der Waals surface area contributed by atoms with Gasteiger partial charge in [0.25, 0.3) is 0 Å². The van der Waals surface area contributed by atoms with Crippen LogP contribution < -0.4 is 4.74 Å². The van der Waals surface area contributed by atoms with Gasteiger partial charge in [0.15, 0.2) is 0 Å². The first kappa shape index (κ1) is 18.7. The van der Waals surface area contributed by atoms with Crippen molar-refractivity contribution in [2.75, 3.05) is 14.2 Å². The first-order valence-corrected chi connectivity index (χ1v) is 6.47. The lowest BCUT2D eigenvalue weighted by Gasteiger charge is -2.24. The number of methoxy groups -OCH3 is 1. The Balaban J connectivity index is 0.00000361. The molecule has 5 heteroatoms. The van der Waals surface area contributed by atoms with Crippen LogP contribution in [0.25, 0.3) is 0 Å². The normalized spacial score (nSPS) is 11.9. The largest absolute Gasteiger partial charge is 0.496 e. The molecule has 0 radical (unpaired) electrons. The van der Waals surface area contributed by atoms with Crippen molar-refractivity contribution in [3.63, 3.8) is 0 Å². The summed E-state index contributed by atoms with van der Waals surface area (Å²) in [6.07, 6.45) is 0.597. The molecule has 0 amide bonds. The lowest BCUT2D eigenvalue weighted by atomic mass is 10.0.